The van der Waals surface area contributed by atoms with E-state index in [9.17, 15) is 0 Å². The smallest absolute Gasteiger partial charge is 0.0714 e. The lowest BCUT2D eigenvalue weighted by Gasteiger charge is -2.09. The summed E-state index contributed by atoms with van der Waals surface area (Å²) >= 11 is 0. The highest BCUT2D eigenvalue weighted by Gasteiger charge is 2.23. The lowest BCUT2D eigenvalue weighted by Crippen LogP contribution is -2.21. The van der Waals surface area contributed by atoms with Crippen LogP contribution in [-0.4, -0.2) is 25.3 Å². The molecule has 2 atom stereocenters. The lowest BCUT2D eigenvalue weighted by molar-refractivity contribution is 0.0657. The van der Waals surface area contributed by atoms with Crippen LogP contribution >= 0.6 is 0 Å². The van der Waals surface area contributed by atoms with Crippen molar-refractivity contribution < 1.29 is 4.74 Å². The van der Waals surface area contributed by atoms with Gasteiger partial charge in [0.25, 0.3) is 0 Å². The Labute approximate surface area is 75.7 Å². The van der Waals surface area contributed by atoms with Crippen molar-refractivity contribution in [3.8, 4) is 0 Å². The molecule has 1 rings (SSSR count). The first-order valence-corrected chi connectivity index (χ1v) is 5.21. The van der Waals surface area contributed by atoms with E-state index in [0.717, 1.165) is 25.6 Å². The van der Waals surface area contributed by atoms with E-state index in [2.05, 4.69) is 19.2 Å². The van der Waals surface area contributed by atoms with Gasteiger partial charge in [-0.1, -0.05) is 20.3 Å². The van der Waals surface area contributed by atoms with Crippen molar-refractivity contribution in [2.24, 2.45) is 0 Å². The van der Waals surface area contributed by atoms with Gasteiger partial charge in [-0.15, -0.1) is 0 Å². The highest BCUT2D eigenvalue weighted by Crippen LogP contribution is 2.14. The van der Waals surface area contributed by atoms with Crippen LogP contribution in [0.5, 0.6) is 0 Å². The van der Waals surface area contributed by atoms with Crippen LogP contribution in [0.15, 0.2) is 0 Å². The van der Waals surface area contributed by atoms with Crippen LogP contribution in [0.3, 0.4) is 0 Å². The Morgan fingerprint density at radius 1 is 1.33 bits per heavy atom. The maximum atomic E-state index is 5.67. The van der Waals surface area contributed by atoms with Crippen LogP contribution in [0.1, 0.15) is 39.5 Å². The molecule has 1 fully saturated rings. The molecule has 0 radical (unpaired) electrons. The van der Waals surface area contributed by atoms with Crippen molar-refractivity contribution in [1.29, 1.82) is 0 Å². The fourth-order valence-electron chi connectivity index (χ4n) is 1.76. The van der Waals surface area contributed by atoms with Gasteiger partial charge in [0.1, 0.15) is 0 Å². The molecule has 72 valence electrons. The largest absolute Gasteiger partial charge is 0.377 e. The highest BCUT2D eigenvalue weighted by atomic mass is 16.5. The average Bonchev–Trinajstić information content (AvgIpc) is 2.50. The second-order valence-electron chi connectivity index (χ2n) is 3.62. The van der Waals surface area contributed by atoms with Crippen LogP contribution in [0.2, 0.25) is 0 Å². The van der Waals surface area contributed by atoms with Gasteiger partial charge in [0.15, 0.2) is 0 Å². The van der Waals surface area contributed by atoms with Crippen molar-refractivity contribution in [3.05, 3.63) is 0 Å². The van der Waals surface area contributed by atoms with Crippen LogP contribution < -0.4 is 5.32 Å². The van der Waals surface area contributed by atoms with E-state index in [1.54, 1.807) is 0 Å². The Balaban J connectivity index is 2.08. The van der Waals surface area contributed by atoms with Crippen LogP contribution in [-0.2, 0) is 4.74 Å². The number of hydrogen-bond acceptors (Lipinski definition) is 2. The summed E-state index contributed by atoms with van der Waals surface area (Å²) in [5.41, 5.74) is 0. The molecule has 1 heterocycles. The van der Waals surface area contributed by atoms with E-state index < -0.39 is 0 Å². The predicted octanol–water partition coefficient (Wildman–Crippen LogP) is 1.94. The molecule has 0 amide bonds. The normalized spacial score (nSPS) is 29.5. The first-order chi connectivity index (χ1) is 5.86. The summed E-state index contributed by atoms with van der Waals surface area (Å²) in [5, 5.41) is 3.49. The second kappa shape index (κ2) is 5.55. The molecule has 0 saturated carbocycles. The van der Waals surface area contributed by atoms with Crippen molar-refractivity contribution in [1.82, 2.24) is 5.32 Å². The monoisotopic (exact) mass is 171 g/mol. The molecule has 0 aromatic carbocycles. The molecule has 1 aliphatic rings. The van der Waals surface area contributed by atoms with Gasteiger partial charge in [-0.3, -0.25) is 0 Å². The Bertz CT molecular complexity index is 116. The standard InChI is InChI=1S/C10H21NO/c1-3-5-9-7-10(8-11-9)12-6-4-2/h9-11H,3-8H2,1-2H3/t9-,10+/m1/s1. The molecular formula is C10H21NO. The van der Waals surface area contributed by atoms with Crippen LogP contribution in [0, 0.1) is 0 Å². The maximum absolute atomic E-state index is 5.67. The number of nitrogens with one attached hydrogen (secondary N) is 1. The molecular weight excluding hydrogens is 150 g/mol. The fraction of sp³-hybridized carbons (Fsp3) is 1.00. The van der Waals surface area contributed by atoms with Gasteiger partial charge in [0.05, 0.1) is 6.10 Å². The second-order valence-corrected chi connectivity index (χ2v) is 3.62. The minimum absolute atomic E-state index is 0.487. The van der Waals surface area contributed by atoms with Gasteiger partial charge >= 0.3 is 0 Å². The van der Waals surface area contributed by atoms with E-state index >= 15 is 0 Å². The zero-order valence-corrected chi connectivity index (χ0v) is 8.31. The van der Waals surface area contributed by atoms with E-state index in [1.165, 1.54) is 19.3 Å². The van der Waals surface area contributed by atoms with Gasteiger partial charge in [0, 0.05) is 19.2 Å². The maximum Gasteiger partial charge on any atom is 0.0714 e. The van der Waals surface area contributed by atoms with Gasteiger partial charge in [-0.05, 0) is 19.3 Å². The summed E-state index contributed by atoms with van der Waals surface area (Å²) in [6.45, 7) is 6.38. The van der Waals surface area contributed by atoms with Crippen molar-refractivity contribution in [2.45, 2.75) is 51.7 Å². The first-order valence-electron chi connectivity index (χ1n) is 5.21. The first kappa shape index (κ1) is 10.0. The van der Waals surface area contributed by atoms with Crippen molar-refractivity contribution >= 4 is 0 Å². The molecule has 1 saturated heterocycles. The minimum Gasteiger partial charge on any atom is -0.377 e. The van der Waals surface area contributed by atoms with E-state index in [4.69, 9.17) is 4.74 Å². The molecule has 0 unspecified atom stereocenters. The molecule has 0 bridgehead atoms. The Hall–Kier alpha value is -0.0800. The quantitative estimate of drug-likeness (QED) is 0.682. The molecule has 0 aromatic rings. The Morgan fingerprint density at radius 3 is 2.83 bits per heavy atom. The van der Waals surface area contributed by atoms with E-state index in [1.807, 2.05) is 0 Å². The fourth-order valence-corrected chi connectivity index (χ4v) is 1.76. The molecule has 0 aromatic heterocycles. The molecule has 2 heteroatoms. The van der Waals surface area contributed by atoms with Crippen molar-refractivity contribution in [3.63, 3.8) is 0 Å². The van der Waals surface area contributed by atoms with Gasteiger partial charge < -0.3 is 10.1 Å². The van der Waals surface area contributed by atoms with E-state index in [0.29, 0.717) is 6.10 Å². The minimum atomic E-state index is 0.487. The number of ether oxygens (including phenoxy) is 1. The zero-order chi connectivity index (χ0) is 8.81. The number of hydrogen-bond donors (Lipinski definition) is 1. The third kappa shape index (κ3) is 3.11. The number of rotatable bonds is 5. The highest BCUT2D eigenvalue weighted by molar-refractivity contribution is 4.81. The van der Waals surface area contributed by atoms with Crippen LogP contribution in [0.25, 0.3) is 0 Å². The summed E-state index contributed by atoms with van der Waals surface area (Å²) in [6.07, 6.45) is 5.41. The Morgan fingerprint density at radius 2 is 2.17 bits per heavy atom. The van der Waals surface area contributed by atoms with Gasteiger partial charge in [-0.25, -0.2) is 0 Å². The third-order valence-corrected chi connectivity index (χ3v) is 2.38. The third-order valence-electron chi connectivity index (χ3n) is 2.38. The zero-order valence-electron chi connectivity index (χ0n) is 8.31. The molecule has 1 aliphatic heterocycles. The van der Waals surface area contributed by atoms with Crippen LogP contribution in [0.4, 0.5) is 0 Å². The summed E-state index contributed by atoms with van der Waals surface area (Å²) in [7, 11) is 0. The summed E-state index contributed by atoms with van der Waals surface area (Å²) in [4.78, 5) is 0. The Kier molecular flexibility index (Phi) is 4.62. The van der Waals surface area contributed by atoms with Gasteiger partial charge in [-0.2, -0.15) is 0 Å². The van der Waals surface area contributed by atoms with Crippen molar-refractivity contribution in [2.75, 3.05) is 13.2 Å². The SMILES string of the molecule is CCCO[C@@H]1CN[C@H](CCC)C1. The molecule has 12 heavy (non-hydrogen) atoms. The van der Waals surface area contributed by atoms with Gasteiger partial charge in [0.2, 0.25) is 0 Å². The van der Waals surface area contributed by atoms with E-state index in [-0.39, 0.29) is 0 Å². The topological polar surface area (TPSA) is 21.3 Å². The molecule has 0 aliphatic carbocycles. The molecule has 1 N–H and O–H groups in total. The summed E-state index contributed by atoms with van der Waals surface area (Å²) < 4.78 is 5.67. The summed E-state index contributed by atoms with van der Waals surface area (Å²) in [6, 6.07) is 0.719. The summed E-state index contributed by atoms with van der Waals surface area (Å²) in [5.74, 6) is 0. The lowest BCUT2D eigenvalue weighted by atomic mass is 10.1. The molecule has 0 spiro atoms. The average molecular weight is 171 g/mol. The molecule has 2 nitrogen and oxygen atoms in total. The predicted molar refractivity (Wildman–Crippen MR) is 51.3 cm³/mol.